The summed E-state index contributed by atoms with van der Waals surface area (Å²) in [5.41, 5.74) is 2.93. The van der Waals surface area contributed by atoms with Gasteiger partial charge in [-0.25, -0.2) is 4.90 Å². The van der Waals surface area contributed by atoms with E-state index in [0.717, 1.165) is 10.5 Å². The van der Waals surface area contributed by atoms with Crippen molar-refractivity contribution in [2.75, 3.05) is 10.2 Å². The quantitative estimate of drug-likeness (QED) is 0.513. The molecule has 3 aromatic carbocycles. The number of hydrogen-bond donors (Lipinski definition) is 1. The summed E-state index contributed by atoms with van der Waals surface area (Å²) in [6.45, 7) is 3.35. The lowest BCUT2D eigenvalue weighted by molar-refractivity contribution is -0.122. The number of aryl methyl sites for hydroxylation is 1. The fraction of sp³-hybridized carbons (Fsp3) is 0.185. The Morgan fingerprint density at radius 2 is 1.74 bits per heavy atom. The topological polar surface area (TPSA) is 86.8 Å². The molecule has 3 aromatic rings. The number of amides is 4. The predicted octanol–water partition coefficient (Wildman–Crippen LogP) is 4.58. The van der Waals surface area contributed by atoms with Crippen molar-refractivity contribution in [1.82, 2.24) is 4.90 Å². The van der Waals surface area contributed by atoms with E-state index < -0.39 is 17.9 Å². The van der Waals surface area contributed by atoms with E-state index in [1.54, 1.807) is 66.7 Å². The van der Waals surface area contributed by atoms with Gasteiger partial charge in [-0.3, -0.25) is 19.2 Å². The second kappa shape index (κ2) is 10.1. The Morgan fingerprint density at radius 1 is 1.03 bits per heavy atom. The molecule has 8 heteroatoms. The van der Waals surface area contributed by atoms with Gasteiger partial charge in [-0.05, 0) is 55.0 Å². The van der Waals surface area contributed by atoms with Crippen LogP contribution in [0.25, 0.3) is 0 Å². The Kier molecular flexibility index (Phi) is 6.98. The number of nitrogens with zero attached hydrogens (tertiary/aromatic N) is 2. The molecule has 0 aromatic heterocycles. The molecular formula is C27H24ClN3O4. The number of imide groups is 1. The minimum Gasteiger partial charge on any atom is -0.326 e. The third-order valence-corrected chi connectivity index (χ3v) is 6.14. The Hall–Kier alpha value is -3.97. The maximum absolute atomic E-state index is 13.6. The van der Waals surface area contributed by atoms with Gasteiger partial charge in [0.15, 0.2) is 0 Å². The van der Waals surface area contributed by atoms with E-state index in [4.69, 9.17) is 11.6 Å². The molecule has 1 saturated heterocycles. The minimum atomic E-state index is -0.984. The molecule has 178 valence electrons. The van der Waals surface area contributed by atoms with Gasteiger partial charge in [-0.15, -0.1) is 0 Å². The number of carbonyl (C=O) groups is 4. The summed E-state index contributed by atoms with van der Waals surface area (Å²) in [7, 11) is 0. The third-order valence-electron chi connectivity index (χ3n) is 5.77. The zero-order valence-electron chi connectivity index (χ0n) is 19.3. The highest BCUT2D eigenvalue weighted by Gasteiger charge is 2.44. The molecule has 35 heavy (non-hydrogen) atoms. The number of carbonyl (C=O) groups excluding carboxylic acids is 4. The molecular weight excluding hydrogens is 466 g/mol. The number of halogens is 1. The molecule has 1 aliphatic heterocycles. The van der Waals surface area contributed by atoms with Crippen molar-refractivity contribution in [2.24, 2.45) is 0 Å². The van der Waals surface area contributed by atoms with Crippen molar-refractivity contribution < 1.29 is 19.2 Å². The van der Waals surface area contributed by atoms with E-state index in [-0.39, 0.29) is 24.8 Å². The summed E-state index contributed by atoms with van der Waals surface area (Å²) in [4.78, 5) is 53.9. The average molecular weight is 490 g/mol. The number of anilines is 2. The molecule has 7 nitrogen and oxygen atoms in total. The second-order valence-corrected chi connectivity index (χ2v) is 8.82. The first kappa shape index (κ1) is 24.2. The SMILES string of the molecule is CC(=O)Nc1ccc(N2C(=O)CC(N(Cc3ccccc3Cl)C(=O)c3cccc(C)c3)C2=O)cc1. The van der Waals surface area contributed by atoms with E-state index in [1.165, 1.54) is 11.8 Å². The molecule has 0 spiro atoms. The van der Waals surface area contributed by atoms with Crippen molar-refractivity contribution in [2.45, 2.75) is 32.9 Å². The van der Waals surface area contributed by atoms with Crippen molar-refractivity contribution in [3.63, 3.8) is 0 Å². The van der Waals surface area contributed by atoms with Crippen molar-refractivity contribution in [1.29, 1.82) is 0 Å². The summed E-state index contributed by atoms with van der Waals surface area (Å²) < 4.78 is 0. The first-order chi connectivity index (χ1) is 16.7. The van der Waals surface area contributed by atoms with Crippen LogP contribution in [0.3, 0.4) is 0 Å². The number of nitrogens with one attached hydrogen (secondary N) is 1. The minimum absolute atomic E-state index is 0.0748. The summed E-state index contributed by atoms with van der Waals surface area (Å²) in [5.74, 6) is -1.48. The van der Waals surface area contributed by atoms with E-state index in [2.05, 4.69) is 5.32 Å². The van der Waals surface area contributed by atoms with Crippen LogP contribution in [0.5, 0.6) is 0 Å². The van der Waals surface area contributed by atoms with Crippen molar-refractivity contribution >= 4 is 46.6 Å². The Labute approximate surface area is 208 Å². The lowest BCUT2D eigenvalue weighted by atomic mass is 10.1. The predicted molar refractivity (Wildman–Crippen MR) is 134 cm³/mol. The summed E-state index contributed by atoms with van der Waals surface area (Å²) in [6.07, 6.45) is -0.145. The molecule has 4 rings (SSSR count). The highest BCUT2D eigenvalue weighted by atomic mass is 35.5. The van der Waals surface area contributed by atoms with E-state index in [0.29, 0.717) is 27.5 Å². The third kappa shape index (κ3) is 5.25. The summed E-state index contributed by atoms with van der Waals surface area (Å²) in [5, 5.41) is 3.12. The highest BCUT2D eigenvalue weighted by molar-refractivity contribution is 6.31. The number of rotatable bonds is 6. The van der Waals surface area contributed by atoms with Crippen LogP contribution in [0.2, 0.25) is 5.02 Å². The molecule has 0 radical (unpaired) electrons. The first-order valence-electron chi connectivity index (χ1n) is 11.1. The normalized spacial score (nSPS) is 15.3. The van der Waals surface area contributed by atoms with Gasteiger partial charge < -0.3 is 10.2 Å². The van der Waals surface area contributed by atoms with E-state index in [9.17, 15) is 19.2 Å². The maximum Gasteiger partial charge on any atom is 0.257 e. The van der Waals surface area contributed by atoms with Crippen LogP contribution in [0.4, 0.5) is 11.4 Å². The molecule has 1 aliphatic rings. The summed E-state index contributed by atoms with van der Waals surface area (Å²) in [6, 6.07) is 19.6. The lowest BCUT2D eigenvalue weighted by Gasteiger charge is -2.28. The molecule has 1 fully saturated rings. The number of hydrogen-bond acceptors (Lipinski definition) is 4. The smallest absolute Gasteiger partial charge is 0.257 e. The van der Waals surface area contributed by atoms with Crippen LogP contribution in [0, 0.1) is 6.92 Å². The largest absolute Gasteiger partial charge is 0.326 e. The lowest BCUT2D eigenvalue weighted by Crippen LogP contribution is -2.45. The molecule has 1 unspecified atom stereocenters. The van der Waals surface area contributed by atoms with E-state index >= 15 is 0 Å². The van der Waals surface area contributed by atoms with Crippen LogP contribution in [0.1, 0.15) is 34.8 Å². The van der Waals surface area contributed by atoms with Gasteiger partial charge in [0.1, 0.15) is 6.04 Å². The summed E-state index contributed by atoms with van der Waals surface area (Å²) >= 11 is 6.36. The Morgan fingerprint density at radius 3 is 2.40 bits per heavy atom. The van der Waals surface area contributed by atoms with E-state index in [1.807, 2.05) is 13.0 Å². The second-order valence-electron chi connectivity index (χ2n) is 8.41. The van der Waals surface area contributed by atoms with Crippen molar-refractivity contribution in [3.8, 4) is 0 Å². The molecule has 1 N–H and O–H groups in total. The van der Waals surface area contributed by atoms with Crippen molar-refractivity contribution in [3.05, 3.63) is 94.5 Å². The zero-order chi connectivity index (χ0) is 25.1. The van der Waals surface area contributed by atoms with Gasteiger partial charge in [-0.1, -0.05) is 47.5 Å². The first-order valence-corrected chi connectivity index (χ1v) is 11.5. The van der Waals surface area contributed by atoms with Crippen LogP contribution < -0.4 is 10.2 Å². The number of benzene rings is 3. The van der Waals surface area contributed by atoms with Gasteiger partial charge in [0.05, 0.1) is 12.1 Å². The Bertz CT molecular complexity index is 1310. The molecule has 1 heterocycles. The molecule has 0 saturated carbocycles. The fourth-order valence-corrected chi connectivity index (χ4v) is 4.30. The van der Waals surface area contributed by atoms with Gasteiger partial charge in [0.25, 0.3) is 11.8 Å². The Balaban J connectivity index is 1.67. The highest BCUT2D eigenvalue weighted by Crippen LogP contribution is 2.30. The molecule has 0 aliphatic carbocycles. The van der Waals surface area contributed by atoms with Gasteiger partial charge in [-0.2, -0.15) is 0 Å². The zero-order valence-corrected chi connectivity index (χ0v) is 20.1. The molecule has 4 amide bonds. The maximum atomic E-state index is 13.6. The van der Waals surface area contributed by atoms with Crippen LogP contribution in [-0.4, -0.2) is 34.6 Å². The van der Waals surface area contributed by atoms with Crippen LogP contribution in [-0.2, 0) is 20.9 Å². The average Bonchev–Trinajstić information content (AvgIpc) is 3.12. The monoisotopic (exact) mass is 489 g/mol. The van der Waals surface area contributed by atoms with Crippen LogP contribution >= 0.6 is 11.6 Å². The fourth-order valence-electron chi connectivity index (χ4n) is 4.11. The van der Waals surface area contributed by atoms with Gasteiger partial charge in [0.2, 0.25) is 11.8 Å². The molecule has 0 bridgehead atoms. The van der Waals surface area contributed by atoms with Crippen LogP contribution in [0.15, 0.2) is 72.8 Å². The molecule has 1 atom stereocenters. The standard InChI is InChI=1S/C27H24ClN3O4/c1-17-6-5-8-19(14-17)26(34)30(16-20-7-3-4-9-23(20)28)24-15-25(33)31(27(24)35)22-12-10-21(11-13-22)29-18(2)32/h3-14,24H,15-16H2,1-2H3,(H,29,32). The van der Waals surface area contributed by atoms with Gasteiger partial charge >= 0.3 is 0 Å². The van der Waals surface area contributed by atoms with Gasteiger partial charge in [0, 0.05) is 29.7 Å².